The average Bonchev–Trinajstić information content (AvgIpc) is 2.41. The molecule has 0 amide bonds. The van der Waals surface area contributed by atoms with Crippen molar-refractivity contribution in [2.45, 2.75) is 26.7 Å². The summed E-state index contributed by atoms with van der Waals surface area (Å²) in [6, 6.07) is 3.71. The summed E-state index contributed by atoms with van der Waals surface area (Å²) in [6.45, 7) is 3.93. The van der Waals surface area contributed by atoms with E-state index in [1.165, 1.54) is 0 Å². The Bertz CT molecular complexity index is 393. The van der Waals surface area contributed by atoms with Crippen LogP contribution in [0.1, 0.15) is 25.8 Å². The molecule has 0 aliphatic heterocycles. The van der Waals surface area contributed by atoms with Gasteiger partial charge in [0.25, 0.3) is 0 Å². The summed E-state index contributed by atoms with van der Waals surface area (Å²) in [5.41, 5.74) is 1.02. The van der Waals surface area contributed by atoms with Gasteiger partial charge in [-0.1, -0.05) is 0 Å². The molecule has 112 valence electrons. The van der Waals surface area contributed by atoms with Crippen LogP contribution in [0.25, 0.3) is 0 Å². The monoisotopic (exact) mass is 301 g/mol. The molecule has 0 N–H and O–H groups in total. The molecule has 6 heteroatoms. The molecule has 0 saturated heterocycles. The first-order valence-corrected chi connectivity index (χ1v) is 6.41. The first-order chi connectivity index (χ1) is 9.19. The lowest BCUT2D eigenvalue weighted by atomic mass is 10.00. The third-order valence-corrected chi connectivity index (χ3v) is 2.61. The highest BCUT2D eigenvalue weighted by atomic mass is 35.5. The Morgan fingerprint density at radius 3 is 2.05 bits per heavy atom. The Morgan fingerprint density at radius 1 is 1.10 bits per heavy atom. The third kappa shape index (κ3) is 6.02. The normalized spacial score (nSPS) is 9.75. The van der Waals surface area contributed by atoms with Crippen LogP contribution in [0.3, 0.4) is 0 Å². The molecular formula is C14H20ClNO4. The van der Waals surface area contributed by atoms with Crippen molar-refractivity contribution >= 4 is 24.3 Å². The van der Waals surface area contributed by atoms with Gasteiger partial charge in [0.2, 0.25) is 0 Å². The van der Waals surface area contributed by atoms with Crippen molar-refractivity contribution in [2.75, 3.05) is 13.2 Å². The molecule has 0 unspecified atom stereocenters. The van der Waals surface area contributed by atoms with Crippen LogP contribution in [0.15, 0.2) is 24.5 Å². The largest absolute Gasteiger partial charge is 0.465 e. The minimum absolute atomic E-state index is 0. The molecule has 0 aliphatic carbocycles. The summed E-state index contributed by atoms with van der Waals surface area (Å²) in [5, 5.41) is 0. The molecule has 20 heavy (non-hydrogen) atoms. The number of carbonyl (C=O) groups excluding carboxylic acids is 2. The first kappa shape index (κ1) is 18.4. The smallest absolute Gasteiger partial charge is 0.320 e. The number of hydrogen-bond acceptors (Lipinski definition) is 5. The number of aryl methyl sites for hydroxylation is 1. The fraction of sp³-hybridized carbons (Fsp3) is 0.500. The molecule has 1 heterocycles. The van der Waals surface area contributed by atoms with E-state index in [1.54, 1.807) is 26.2 Å². The maximum atomic E-state index is 11.7. The van der Waals surface area contributed by atoms with E-state index in [2.05, 4.69) is 4.98 Å². The number of aromatic nitrogens is 1. The first-order valence-electron chi connectivity index (χ1n) is 6.41. The van der Waals surface area contributed by atoms with Gasteiger partial charge >= 0.3 is 11.9 Å². The number of ether oxygens (including phenoxy) is 2. The van der Waals surface area contributed by atoms with Crippen LogP contribution in [-0.4, -0.2) is 30.1 Å². The third-order valence-electron chi connectivity index (χ3n) is 2.61. The molecule has 0 spiro atoms. The number of esters is 2. The molecule has 1 aromatic rings. The SMILES string of the molecule is CCOC(=O)C(CCc1ccncc1)C(=O)OCC.Cl. The van der Waals surface area contributed by atoms with Gasteiger partial charge in [-0.2, -0.15) is 0 Å². The van der Waals surface area contributed by atoms with Crippen LogP contribution >= 0.6 is 12.4 Å². The zero-order valence-electron chi connectivity index (χ0n) is 11.7. The maximum absolute atomic E-state index is 11.7. The molecule has 1 rings (SSSR count). The van der Waals surface area contributed by atoms with Crippen molar-refractivity contribution in [2.24, 2.45) is 5.92 Å². The van der Waals surface area contributed by atoms with Gasteiger partial charge in [-0.25, -0.2) is 0 Å². The standard InChI is InChI=1S/C14H19NO4.ClH/c1-3-18-13(16)12(14(17)19-4-2)6-5-11-7-9-15-10-8-11;/h7-10,12H,3-6H2,1-2H3;1H. The van der Waals surface area contributed by atoms with Crippen molar-refractivity contribution in [3.63, 3.8) is 0 Å². The quantitative estimate of drug-likeness (QED) is 0.570. The second kappa shape index (κ2) is 10.2. The summed E-state index contributed by atoms with van der Waals surface area (Å²) in [5.74, 6) is -1.89. The van der Waals surface area contributed by atoms with Crippen molar-refractivity contribution in [1.82, 2.24) is 4.98 Å². The number of hydrogen-bond donors (Lipinski definition) is 0. The molecule has 0 aliphatic rings. The van der Waals surface area contributed by atoms with Crippen LogP contribution < -0.4 is 0 Å². The Kier molecular flexibility index (Phi) is 9.38. The predicted octanol–water partition coefficient (Wildman–Crippen LogP) is 2.18. The topological polar surface area (TPSA) is 65.5 Å². The molecule has 0 fully saturated rings. The van der Waals surface area contributed by atoms with Crippen molar-refractivity contribution < 1.29 is 19.1 Å². The fourth-order valence-corrected chi connectivity index (χ4v) is 1.68. The second-order valence-corrected chi connectivity index (χ2v) is 3.95. The zero-order valence-corrected chi connectivity index (χ0v) is 12.5. The number of halogens is 1. The van der Waals surface area contributed by atoms with Crippen LogP contribution in [-0.2, 0) is 25.5 Å². The van der Waals surface area contributed by atoms with Gasteiger partial charge in [-0.05, 0) is 44.4 Å². The van der Waals surface area contributed by atoms with Gasteiger partial charge in [0.05, 0.1) is 13.2 Å². The highest BCUT2D eigenvalue weighted by Gasteiger charge is 2.28. The molecule has 1 aromatic heterocycles. The summed E-state index contributed by atoms with van der Waals surface area (Å²) in [6.07, 6.45) is 4.34. The molecule has 0 aromatic carbocycles. The van der Waals surface area contributed by atoms with Gasteiger partial charge in [0.15, 0.2) is 5.92 Å². The Morgan fingerprint density at radius 2 is 1.60 bits per heavy atom. The van der Waals surface area contributed by atoms with E-state index in [-0.39, 0.29) is 25.6 Å². The Balaban J connectivity index is 0.00000361. The highest BCUT2D eigenvalue weighted by molar-refractivity contribution is 5.94. The summed E-state index contributed by atoms with van der Waals surface area (Å²) >= 11 is 0. The average molecular weight is 302 g/mol. The Labute approximate surface area is 125 Å². The molecule has 0 atom stereocenters. The molecule has 5 nitrogen and oxygen atoms in total. The van der Waals surface area contributed by atoms with Crippen molar-refractivity contribution in [3.05, 3.63) is 30.1 Å². The minimum atomic E-state index is -0.854. The Hall–Kier alpha value is -1.62. The maximum Gasteiger partial charge on any atom is 0.320 e. The van der Waals surface area contributed by atoms with Crippen LogP contribution in [0, 0.1) is 5.92 Å². The van der Waals surface area contributed by atoms with Crippen LogP contribution in [0.4, 0.5) is 0 Å². The highest BCUT2D eigenvalue weighted by Crippen LogP contribution is 2.13. The molecule has 0 radical (unpaired) electrons. The van der Waals surface area contributed by atoms with E-state index in [1.807, 2.05) is 12.1 Å². The summed E-state index contributed by atoms with van der Waals surface area (Å²) < 4.78 is 9.82. The minimum Gasteiger partial charge on any atom is -0.465 e. The van der Waals surface area contributed by atoms with Crippen LogP contribution in [0.2, 0.25) is 0 Å². The van der Waals surface area contributed by atoms with E-state index in [4.69, 9.17) is 9.47 Å². The number of carbonyl (C=O) groups is 2. The molecule has 0 saturated carbocycles. The van der Waals surface area contributed by atoms with Gasteiger partial charge < -0.3 is 9.47 Å². The van der Waals surface area contributed by atoms with Gasteiger partial charge in [0, 0.05) is 12.4 Å². The zero-order chi connectivity index (χ0) is 14.1. The van der Waals surface area contributed by atoms with E-state index < -0.39 is 17.9 Å². The summed E-state index contributed by atoms with van der Waals surface area (Å²) in [7, 11) is 0. The predicted molar refractivity (Wildman–Crippen MR) is 76.6 cm³/mol. The molecular weight excluding hydrogens is 282 g/mol. The van der Waals surface area contributed by atoms with E-state index in [0.717, 1.165) is 5.56 Å². The molecule has 0 bridgehead atoms. The van der Waals surface area contributed by atoms with E-state index >= 15 is 0 Å². The summed E-state index contributed by atoms with van der Waals surface area (Å²) in [4.78, 5) is 27.4. The second-order valence-electron chi connectivity index (χ2n) is 3.95. The number of rotatable bonds is 7. The van der Waals surface area contributed by atoms with Gasteiger partial charge in [-0.3, -0.25) is 14.6 Å². The van der Waals surface area contributed by atoms with Gasteiger partial charge in [0.1, 0.15) is 0 Å². The van der Waals surface area contributed by atoms with Crippen molar-refractivity contribution in [3.8, 4) is 0 Å². The number of nitrogens with zero attached hydrogens (tertiary/aromatic N) is 1. The van der Waals surface area contributed by atoms with Crippen molar-refractivity contribution in [1.29, 1.82) is 0 Å². The fourth-order valence-electron chi connectivity index (χ4n) is 1.68. The lowest BCUT2D eigenvalue weighted by Gasteiger charge is -2.14. The lowest BCUT2D eigenvalue weighted by Crippen LogP contribution is -2.28. The number of pyridine rings is 1. The van der Waals surface area contributed by atoms with E-state index in [0.29, 0.717) is 12.8 Å². The van der Waals surface area contributed by atoms with E-state index in [9.17, 15) is 9.59 Å². The van der Waals surface area contributed by atoms with Crippen LogP contribution in [0.5, 0.6) is 0 Å². The lowest BCUT2D eigenvalue weighted by molar-refractivity contribution is -0.161. The van der Waals surface area contributed by atoms with Gasteiger partial charge in [-0.15, -0.1) is 12.4 Å².